The second-order valence-corrected chi connectivity index (χ2v) is 3.82. The summed E-state index contributed by atoms with van der Waals surface area (Å²) in [5.41, 5.74) is 5.16. The highest BCUT2D eigenvalue weighted by Gasteiger charge is 2.20. The lowest BCUT2D eigenvalue weighted by atomic mass is 9.93. The molecule has 3 nitrogen and oxygen atoms in total. The second-order valence-electron chi connectivity index (χ2n) is 3.82. The number of hydrogen-bond donors (Lipinski definition) is 1. The third kappa shape index (κ3) is 1.93. The van der Waals surface area contributed by atoms with Crippen LogP contribution in [0.1, 0.15) is 32.6 Å². The van der Waals surface area contributed by atoms with Crippen molar-refractivity contribution >= 4 is 5.91 Å². The van der Waals surface area contributed by atoms with E-state index in [0.29, 0.717) is 11.1 Å². The quantitative estimate of drug-likeness (QED) is 0.784. The first-order chi connectivity index (χ1) is 7.41. The molecule has 0 aliphatic carbocycles. The number of nitrogens with one attached hydrogen (secondary N) is 1. The molecule has 16 heavy (non-hydrogen) atoms. The Labute approximate surface area is 94.6 Å². The summed E-state index contributed by atoms with van der Waals surface area (Å²) < 4.78 is 14.0. The summed E-state index contributed by atoms with van der Waals surface area (Å²) in [6.45, 7) is 7.12. The zero-order valence-electron chi connectivity index (χ0n) is 10.2. The Morgan fingerprint density at radius 1 is 1.06 bits per heavy atom. The van der Waals surface area contributed by atoms with Gasteiger partial charge in [0.15, 0.2) is 0 Å². The average Bonchev–Trinajstić information content (AvgIpc) is 2.24. The van der Waals surface area contributed by atoms with Crippen molar-refractivity contribution < 1.29 is 14.0 Å². The Bertz CT molecular complexity index is 412. The molecule has 1 amide bonds. The summed E-state index contributed by atoms with van der Waals surface area (Å²) in [5.74, 6) is -1.03. The van der Waals surface area contributed by atoms with Gasteiger partial charge in [0, 0.05) is 0 Å². The van der Waals surface area contributed by atoms with Crippen LogP contribution in [-0.2, 0) is 4.84 Å². The number of hydroxylamine groups is 1. The topological polar surface area (TPSA) is 38.3 Å². The van der Waals surface area contributed by atoms with Crippen molar-refractivity contribution in [2.75, 3.05) is 7.11 Å². The first kappa shape index (κ1) is 12.6. The fourth-order valence-electron chi connectivity index (χ4n) is 1.68. The van der Waals surface area contributed by atoms with Crippen LogP contribution in [0.3, 0.4) is 0 Å². The molecule has 1 aromatic carbocycles. The van der Waals surface area contributed by atoms with E-state index in [-0.39, 0.29) is 5.56 Å². The molecule has 0 radical (unpaired) electrons. The Hall–Kier alpha value is -1.42. The molecule has 1 aromatic rings. The van der Waals surface area contributed by atoms with Crippen LogP contribution in [0.5, 0.6) is 0 Å². The Balaban J connectivity index is 3.45. The first-order valence-corrected chi connectivity index (χ1v) is 5.01. The lowest BCUT2D eigenvalue weighted by Crippen LogP contribution is -2.25. The zero-order chi connectivity index (χ0) is 12.5. The van der Waals surface area contributed by atoms with Crippen molar-refractivity contribution in [1.29, 1.82) is 0 Å². The number of rotatable bonds is 2. The Morgan fingerprint density at radius 3 is 2.06 bits per heavy atom. The van der Waals surface area contributed by atoms with Gasteiger partial charge in [0.25, 0.3) is 5.91 Å². The van der Waals surface area contributed by atoms with Crippen molar-refractivity contribution in [2.45, 2.75) is 27.7 Å². The minimum atomic E-state index is -0.552. The Kier molecular flexibility index (Phi) is 3.65. The van der Waals surface area contributed by atoms with Gasteiger partial charge in [-0.15, -0.1) is 0 Å². The van der Waals surface area contributed by atoms with Gasteiger partial charge in [0.2, 0.25) is 0 Å². The Morgan fingerprint density at radius 2 is 1.56 bits per heavy atom. The summed E-state index contributed by atoms with van der Waals surface area (Å²) in [7, 11) is 1.32. The van der Waals surface area contributed by atoms with E-state index in [4.69, 9.17) is 0 Å². The molecule has 88 valence electrons. The van der Waals surface area contributed by atoms with E-state index in [0.717, 1.165) is 11.1 Å². The number of amides is 1. The SMILES string of the molecule is CONC(=O)c1c(C)c(C)c(C)c(C)c1F. The standard InChI is InChI=1S/C12H16FNO2/c1-6-7(2)9(4)11(13)10(8(6)3)12(15)14-16-5/h1-5H3,(H,14,15). The predicted octanol–water partition coefficient (Wildman–Crippen LogP) is 2.35. The number of halogens is 1. The van der Waals surface area contributed by atoms with Gasteiger partial charge in [-0.2, -0.15) is 0 Å². The highest BCUT2D eigenvalue weighted by molar-refractivity contribution is 5.96. The summed E-state index contributed by atoms with van der Waals surface area (Å²) in [6.07, 6.45) is 0. The third-order valence-corrected chi connectivity index (χ3v) is 3.03. The molecule has 0 aliphatic heterocycles. The van der Waals surface area contributed by atoms with Gasteiger partial charge in [-0.3, -0.25) is 9.63 Å². The van der Waals surface area contributed by atoms with E-state index in [1.54, 1.807) is 13.8 Å². The maximum Gasteiger partial charge on any atom is 0.278 e. The normalized spacial score (nSPS) is 10.4. The van der Waals surface area contributed by atoms with Crippen LogP contribution in [0.25, 0.3) is 0 Å². The van der Waals surface area contributed by atoms with Crippen LogP contribution < -0.4 is 5.48 Å². The fourth-order valence-corrected chi connectivity index (χ4v) is 1.68. The molecular formula is C12H16FNO2. The van der Waals surface area contributed by atoms with Gasteiger partial charge in [-0.25, -0.2) is 9.87 Å². The van der Waals surface area contributed by atoms with Crippen molar-refractivity contribution in [3.63, 3.8) is 0 Å². The molecule has 0 fully saturated rings. The maximum absolute atomic E-state index is 14.0. The van der Waals surface area contributed by atoms with Gasteiger partial charge in [0.05, 0.1) is 12.7 Å². The molecule has 1 rings (SSSR count). The van der Waals surface area contributed by atoms with E-state index >= 15 is 0 Å². The van der Waals surface area contributed by atoms with Crippen LogP contribution in [0.4, 0.5) is 4.39 Å². The molecule has 0 aromatic heterocycles. The molecular weight excluding hydrogens is 209 g/mol. The minimum Gasteiger partial charge on any atom is -0.277 e. The van der Waals surface area contributed by atoms with E-state index in [1.807, 2.05) is 13.8 Å². The molecule has 4 heteroatoms. The lowest BCUT2D eigenvalue weighted by molar-refractivity contribution is 0.0532. The molecule has 0 aliphatic rings. The van der Waals surface area contributed by atoms with Crippen molar-refractivity contribution in [2.24, 2.45) is 0 Å². The van der Waals surface area contributed by atoms with Gasteiger partial charge < -0.3 is 0 Å². The van der Waals surface area contributed by atoms with Gasteiger partial charge in [-0.05, 0) is 49.9 Å². The minimum absolute atomic E-state index is 0.0578. The summed E-state index contributed by atoms with van der Waals surface area (Å²) in [4.78, 5) is 16.1. The predicted molar refractivity (Wildman–Crippen MR) is 59.8 cm³/mol. The van der Waals surface area contributed by atoms with Crippen molar-refractivity contribution in [3.8, 4) is 0 Å². The highest BCUT2D eigenvalue weighted by Crippen LogP contribution is 2.25. The lowest BCUT2D eigenvalue weighted by Gasteiger charge is -2.15. The molecule has 1 N–H and O–H groups in total. The van der Waals surface area contributed by atoms with Gasteiger partial charge in [-0.1, -0.05) is 0 Å². The van der Waals surface area contributed by atoms with Crippen LogP contribution in [0.15, 0.2) is 0 Å². The molecule has 0 atom stereocenters. The monoisotopic (exact) mass is 225 g/mol. The summed E-state index contributed by atoms with van der Waals surface area (Å²) >= 11 is 0. The van der Waals surface area contributed by atoms with E-state index in [1.165, 1.54) is 7.11 Å². The van der Waals surface area contributed by atoms with E-state index in [9.17, 15) is 9.18 Å². The highest BCUT2D eigenvalue weighted by atomic mass is 19.1. The summed E-state index contributed by atoms with van der Waals surface area (Å²) in [6, 6.07) is 0. The number of benzene rings is 1. The average molecular weight is 225 g/mol. The molecule has 0 heterocycles. The number of carbonyl (C=O) groups excluding carboxylic acids is 1. The van der Waals surface area contributed by atoms with Crippen LogP contribution in [0.2, 0.25) is 0 Å². The maximum atomic E-state index is 14.0. The van der Waals surface area contributed by atoms with Crippen molar-refractivity contribution in [3.05, 3.63) is 33.6 Å². The molecule has 0 spiro atoms. The van der Waals surface area contributed by atoms with Gasteiger partial charge >= 0.3 is 0 Å². The molecule has 0 saturated carbocycles. The third-order valence-electron chi connectivity index (χ3n) is 3.03. The number of hydrogen-bond acceptors (Lipinski definition) is 2. The zero-order valence-corrected chi connectivity index (χ0v) is 10.2. The fraction of sp³-hybridized carbons (Fsp3) is 0.417. The van der Waals surface area contributed by atoms with Crippen molar-refractivity contribution in [1.82, 2.24) is 5.48 Å². The van der Waals surface area contributed by atoms with Crippen LogP contribution in [0, 0.1) is 33.5 Å². The van der Waals surface area contributed by atoms with E-state index in [2.05, 4.69) is 10.3 Å². The largest absolute Gasteiger partial charge is 0.278 e. The molecule has 0 saturated heterocycles. The number of carbonyl (C=O) groups is 1. The molecule has 0 unspecified atom stereocenters. The molecule has 0 bridgehead atoms. The second kappa shape index (κ2) is 4.61. The van der Waals surface area contributed by atoms with E-state index < -0.39 is 11.7 Å². The van der Waals surface area contributed by atoms with Gasteiger partial charge in [0.1, 0.15) is 5.82 Å². The smallest absolute Gasteiger partial charge is 0.277 e. The van der Waals surface area contributed by atoms with Crippen LogP contribution >= 0.6 is 0 Å². The summed E-state index contributed by atoms with van der Waals surface area (Å²) in [5, 5.41) is 0. The first-order valence-electron chi connectivity index (χ1n) is 5.01. The van der Waals surface area contributed by atoms with Crippen LogP contribution in [-0.4, -0.2) is 13.0 Å².